The molecule has 0 saturated heterocycles. The summed E-state index contributed by atoms with van der Waals surface area (Å²) < 4.78 is 5.26. The van der Waals surface area contributed by atoms with Crippen LogP contribution in [0.25, 0.3) is 0 Å². The van der Waals surface area contributed by atoms with Crippen molar-refractivity contribution in [3.05, 3.63) is 0 Å². The van der Waals surface area contributed by atoms with Crippen LogP contribution < -0.4 is 11.1 Å². The summed E-state index contributed by atoms with van der Waals surface area (Å²) in [6, 6.07) is -0.455. The van der Waals surface area contributed by atoms with Crippen LogP contribution in [0.3, 0.4) is 0 Å². The van der Waals surface area contributed by atoms with E-state index in [0.29, 0.717) is 0 Å². The Balaban J connectivity index is 3.49. The maximum absolute atomic E-state index is 10.4. The van der Waals surface area contributed by atoms with E-state index in [0.717, 1.165) is 13.0 Å². The minimum Gasteiger partial charge on any atom is -0.422 e. The first kappa shape index (κ1) is 10.4. The molecular formula is C6H16N2O2Si. The lowest BCUT2D eigenvalue weighted by molar-refractivity contribution is 0.246. The molecule has 66 valence electrons. The van der Waals surface area contributed by atoms with E-state index in [-0.39, 0.29) is 5.67 Å². The van der Waals surface area contributed by atoms with E-state index in [1.807, 2.05) is 13.8 Å². The van der Waals surface area contributed by atoms with Crippen molar-refractivity contribution in [2.75, 3.05) is 6.61 Å². The minimum atomic E-state index is -0.629. The third-order valence-electron chi connectivity index (χ3n) is 1.36. The molecule has 0 aromatic heterocycles. The van der Waals surface area contributed by atoms with Crippen molar-refractivity contribution >= 4 is 15.8 Å². The maximum atomic E-state index is 10.4. The van der Waals surface area contributed by atoms with Crippen molar-refractivity contribution < 1.29 is 9.22 Å². The first-order chi connectivity index (χ1) is 5.20. The summed E-state index contributed by atoms with van der Waals surface area (Å²) in [5.41, 5.74) is 5.14. The van der Waals surface area contributed by atoms with Crippen molar-refractivity contribution in [2.24, 2.45) is 5.73 Å². The Bertz CT molecular complexity index is 121. The number of primary amides is 1. The molecule has 0 aliphatic carbocycles. The molecule has 0 bridgehead atoms. The number of hydrogen-bond acceptors (Lipinski definition) is 2. The Morgan fingerprint density at radius 2 is 2.36 bits per heavy atom. The minimum absolute atomic E-state index is 0.187. The van der Waals surface area contributed by atoms with Crippen molar-refractivity contribution in [2.45, 2.75) is 25.9 Å². The Hall–Kier alpha value is -0.553. The lowest BCUT2D eigenvalue weighted by atomic mass is 10.5. The van der Waals surface area contributed by atoms with Gasteiger partial charge in [0.25, 0.3) is 0 Å². The van der Waals surface area contributed by atoms with Gasteiger partial charge in [-0.15, -0.1) is 0 Å². The number of nitrogens with two attached hydrogens (primary N) is 1. The number of carbonyl (C=O) groups is 1. The predicted molar refractivity (Wildman–Crippen MR) is 47.0 cm³/mol. The molecule has 0 fully saturated rings. The monoisotopic (exact) mass is 176 g/mol. The molecule has 0 saturated carbocycles. The molecule has 0 spiro atoms. The number of hydrogen-bond donors (Lipinski definition) is 2. The Kier molecular flexibility index (Phi) is 5.87. The molecule has 1 unspecified atom stereocenters. The zero-order chi connectivity index (χ0) is 8.69. The quantitative estimate of drug-likeness (QED) is 0.555. The Labute approximate surface area is 69.4 Å². The molecule has 2 amide bonds. The number of carbonyl (C=O) groups excluding carboxylic acids is 1. The molecule has 5 heteroatoms. The number of rotatable bonds is 5. The Morgan fingerprint density at radius 3 is 2.73 bits per heavy atom. The second-order valence-electron chi connectivity index (χ2n) is 2.27. The summed E-state index contributed by atoms with van der Waals surface area (Å²) in [5.74, 6) is 0. The fourth-order valence-electron chi connectivity index (χ4n) is 0.723. The predicted octanol–water partition coefficient (Wildman–Crippen LogP) is -0.489. The van der Waals surface area contributed by atoms with E-state index in [2.05, 4.69) is 5.32 Å². The molecule has 0 aliphatic rings. The summed E-state index contributed by atoms with van der Waals surface area (Å²) in [5, 5.41) is 2.64. The van der Waals surface area contributed by atoms with Gasteiger partial charge in [-0.1, -0.05) is 6.92 Å². The van der Waals surface area contributed by atoms with Gasteiger partial charge in [-0.2, -0.15) is 0 Å². The normalized spacial score (nSPS) is 13.6. The van der Waals surface area contributed by atoms with E-state index in [4.69, 9.17) is 10.2 Å². The summed E-state index contributed by atoms with van der Waals surface area (Å²) in [6.45, 7) is 4.68. The molecule has 3 N–H and O–H groups in total. The van der Waals surface area contributed by atoms with Crippen LogP contribution in [0.1, 0.15) is 20.3 Å². The van der Waals surface area contributed by atoms with Gasteiger partial charge in [0.2, 0.25) is 0 Å². The Morgan fingerprint density at radius 1 is 1.73 bits per heavy atom. The van der Waals surface area contributed by atoms with Gasteiger partial charge in [0.15, 0.2) is 9.76 Å². The fourth-order valence-corrected chi connectivity index (χ4v) is 1.76. The third-order valence-corrected chi connectivity index (χ3v) is 3.19. The highest BCUT2D eigenvalue weighted by molar-refractivity contribution is 6.30. The zero-order valence-corrected chi connectivity index (χ0v) is 8.51. The fraction of sp³-hybridized carbons (Fsp3) is 0.833. The molecular weight excluding hydrogens is 160 g/mol. The largest absolute Gasteiger partial charge is 0.422 e. The summed E-state index contributed by atoms with van der Waals surface area (Å²) >= 11 is 0. The van der Waals surface area contributed by atoms with Crippen LogP contribution in [0, 0.1) is 0 Å². The molecule has 0 rings (SSSR count). The van der Waals surface area contributed by atoms with Crippen LogP contribution in [0.4, 0.5) is 4.79 Å². The van der Waals surface area contributed by atoms with Crippen LogP contribution in [0.15, 0.2) is 0 Å². The van der Waals surface area contributed by atoms with Gasteiger partial charge in [0, 0.05) is 12.3 Å². The summed E-state index contributed by atoms with van der Waals surface area (Å²) in [6.07, 6.45) is 0.898. The summed E-state index contributed by atoms with van der Waals surface area (Å²) in [4.78, 5) is 10.4. The second kappa shape index (κ2) is 6.18. The number of urea groups is 1. The highest BCUT2D eigenvalue weighted by atomic mass is 28.2. The lowest BCUT2D eigenvalue weighted by Gasteiger charge is -2.13. The van der Waals surface area contributed by atoms with Gasteiger partial charge >= 0.3 is 6.03 Å². The summed E-state index contributed by atoms with van der Waals surface area (Å²) in [7, 11) is -0.629. The molecule has 4 nitrogen and oxygen atoms in total. The number of nitrogens with one attached hydrogen (secondary N) is 1. The van der Waals surface area contributed by atoms with Crippen LogP contribution in [0.5, 0.6) is 0 Å². The van der Waals surface area contributed by atoms with Gasteiger partial charge in [0.05, 0.1) is 0 Å². The van der Waals surface area contributed by atoms with Crippen LogP contribution in [-0.4, -0.2) is 28.1 Å². The van der Waals surface area contributed by atoms with E-state index in [9.17, 15) is 4.79 Å². The lowest BCUT2D eigenvalue weighted by Crippen LogP contribution is -2.42. The van der Waals surface area contributed by atoms with Crippen molar-refractivity contribution in [3.8, 4) is 0 Å². The average Bonchev–Trinajstić information content (AvgIpc) is 1.97. The molecule has 1 atom stereocenters. The third kappa shape index (κ3) is 5.87. The van der Waals surface area contributed by atoms with E-state index in [1.54, 1.807) is 0 Å². The second-order valence-corrected chi connectivity index (χ2v) is 4.00. The molecule has 0 heterocycles. The standard InChI is InChI=1S/C6H16N2O2Si/c1-3-5(8-6(7)9)11-10-4-2/h5H,3-4,11H2,1-2H3,(H3,7,8,9). The van der Waals surface area contributed by atoms with Crippen LogP contribution in [-0.2, 0) is 4.43 Å². The van der Waals surface area contributed by atoms with Crippen molar-refractivity contribution in [3.63, 3.8) is 0 Å². The van der Waals surface area contributed by atoms with Gasteiger partial charge in [-0.05, 0) is 13.3 Å². The molecule has 0 radical (unpaired) electrons. The molecule has 0 aliphatic heterocycles. The van der Waals surface area contributed by atoms with Gasteiger partial charge in [-0.25, -0.2) is 4.79 Å². The zero-order valence-electron chi connectivity index (χ0n) is 7.09. The highest BCUT2D eigenvalue weighted by Crippen LogP contribution is 1.88. The topological polar surface area (TPSA) is 64.3 Å². The van der Waals surface area contributed by atoms with E-state index < -0.39 is 15.8 Å². The van der Waals surface area contributed by atoms with Gasteiger partial charge < -0.3 is 15.5 Å². The molecule has 0 aromatic rings. The average molecular weight is 176 g/mol. The van der Waals surface area contributed by atoms with Crippen LogP contribution in [0.2, 0.25) is 0 Å². The van der Waals surface area contributed by atoms with Gasteiger partial charge in [0.1, 0.15) is 0 Å². The first-order valence-electron chi connectivity index (χ1n) is 3.84. The van der Waals surface area contributed by atoms with Crippen molar-refractivity contribution in [1.82, 2.24) is 5.32 Å². The SMILES string of the molecule is CCO[SiH2]C(CC)NC(N)=O. The smallest absolute Gasteiger partial charge is 0.312 e. The van der Waals surface area contributed by atoms with Crippen molar-refractivity contribution in [1.29, 1.82) is 0 Å². The first-order valence-corrected chi connectivity index (χ1v) is 5.23. The molecule has 11 heavy (non-hydrogen) atoms. The highest BCUT2D eigenvalue weighted by Gasteiger charge is 2.07. The van der Waals surface area contributed by atoms with E-state index >= 15 is 0 Å². The maximum Gasteiger partial charge on any atom is 0.312 e. The molecule has 0 aromatic carbocycles. The van der Waals surface area contributed by atoms with Crippen LogP contribution >= 0.6 is 0 Å². The van der Waals surface area contributed by atoms with Gasteiger partial charge in [-0.3, -0.25) is 0 Å². The number of amides is 2. The van der Waals surface area contributed by atoms with E-state index in [1.165, 1.54) is 0 Å².